The van der Waals surface area contributed by atoms with Gasteiger partial charge in [0.2, 0.25) is 5.91 Å². The average Bonchev–Trinajstić information content (AvgIpc) is 2.86. The number of rotatable bonds is 5. The maximum Gasteiger partial charge on any atom is 0.222 e. The molecule has 106 valence electrons. The summed E-state index contributed by atoms with van der Waals surface area (Å²) < 4.78 is 0.724. The van der Waals surface area contributed by atoms with Gasteiger partial charge in [-0.1, -0.05) is 41.9 Å². The molecule has 0 fully saturated rings. The molecule has 3 N–H and O–H groups in total. The van der Waals surface area contributed by atoms with Gasteiger partial charge in [-0.2, -0.15) is 0 Å². The van der Waals surface area contributed by atoms with E-state index >= 15 is 0 Å². The van der Waals surface area contributed by atoms with Gasteiger partial charge in [-0.15, -0.1) is 11.3 Å². The number of thiophene rings is 1. The molecule has 2 unspecified atom stereocenters. The first kappa shape index (κ1) is 15.0. The van der Waals surface area contributed by atoms with Crippen LogP contribution in [0.4, 0.5) is 0 Å². The maximum atomic E-state index is 12.0. The molecule has 0 aliphatic rings. The van der Waals surface area contributed by atoms with Crippen molar-refractivity contribution in [3.05, 3.63) is 57.2 Å². The van der Waals surface area contributed by atoms with Crippen molar-refractivity contribution in [3.63, 3.8) is 0 Å². The van der Waals surface area contributed by atoms with Crippen LogP contribution in [0.25, 0.3) is 0 Å². The molecule has 0 saturated heterocycles. The van der Waals surface area contributed by atoms with Gasteiger partial charge < -0.3 is 11.1 Å². The Kier molecular flexibility index (Phi) is 5.17. The summed E-state index contributed by atoms with van der Waals surface area (Å²) in [4.78, 5) is 13.0. The standard InChI is InChI=1S/C15H17ClN2OS/c1-10(13-7-8-14(16)20-13)18-15(19)9-12(17)11-5-3-2-4-6-11/h2-8,10,12H,9,17H2,1H3,(H,18,19). The highest BCUT2D eigenvalue weighted by Gasteiger charge is 2.15. The number of hydrogen-bond acceptors (Lipinski definition) is 3. The van der Waals surface area contributed by atoms with Crippen molar-refractivity contribution in [1.82, 2.24) is 5.32 Å². The number of nitrogens with one attached hydrogen (secondary N) is 1. The van der Waals surface area contributed by atoms with Crippen LogP contribution >= 0.6 is 22.9 Å². The van der Waals surface area contributed by atoms with Crippen LogP contribution in [0.5, 0.6) is 0 Å². The fraction of sp³-hybridized carbons (Fsp3) is 0.267. The quantitative estimate of drug-likeness (QED) is 0.885. The van der Waals surface area contributed by atoms with Crippen LogP contribution in [-0.2, 0) is 4.79 Å². The van der Waals surface area contributed by atoms with Gasteiger partial charge in [-0.25, -0.2) is 0 Å². The molecule has 0 saturated carbocycles. The molecular weight excluding hydrogens is 292 g/mol. The lowest BCUT2D eigenvalue weighted by Crippen LogP contribution is -2.29. The molecule has 1 aromatic carbocycles. The molecule has 0 aliphatic heterocycles. The Balaban J connectivity index is 1.89. The third-order valence-corrected chi connectivity index (χ3v) is 4.45. The van der Waals surface area contributed by atoms with Crippen molar-refractivity contribution in [1.29, 1.82) is 0 Å². The zero-order valence-corrected chi connectivity index (χ0v) is 12.7. The van der Waals surface area contributed by atoms with Crippen molar-refractivity contribution in [2.45, 2.75) is 25.4 Å². The molecule has 3 nitrogen and oxygen atoms in total. The second-order valence-electron chi connectivity index (χ2n) is 4.65. The number of halogens is 1. The van der Waals surface area contributed by atoms with Crippen LogP contribution < -0.4 is 11.1 Å². The van der Waals surface area contributed by atoms with Crippen LogP contribution in [0.15, 0.2) is 42.5 Å². The summed E-state index contributed by atoms with van der Waals surface area (Å²) in [6.45, 7) is 1.94. The SMILES string of the molecule is CC(NC(=O)CC(N)c1ccccc1)c1ccc(Cl)s1. The molecule has 0 bridgehead atoms. The van der Waals surface area contributed by atoms with E-state index in [1.165, 1.54) is 11.3 Å². The number of carbonyl (C=O) groups excluding carboxylic acids is 1. The first-order valence-electron chi connectivity index (χ1n) is 6.41. The second kappa shape index (κ2) is 6.88. The van der Waals surface area contributed by atoms with Gasteiger partial charge >= 0.3 is 0 Å². The van der Waals surface area contributed by atoms with Gasteiger partial charge in [0.1, 0.15) is 0 Å². The first-order valence-corrected chi connectivity index (χ1v) is 7.61. The number of hydrogen-bond donors (Lipinski definition) is 2. The largest absolute Gasteiger partial charge is 0.349 e. The smallest absolute Gasteiger partial charge is 0.222 e. The Labute approximate surface area is 127 Å². The normalized spacial score (nSPS) is 13.8. The Morgan fingerprint density at radius 1 is 1.30 bits per heavy atom. The van der Waals surface area contributed by atoms with Crippen molar-refractivity contribution in [2.75, 3.05) is 0 Å². The first-order chi connectivity index (χ1) is 9.56. The zero-order valence-electron chi connectivity index (χ0n) is 11.2. The highest BCUT2D eigenvalue weighted by Crippen LogP contribution is 2.26. The average molecular weight is 309 g/mol. The van der Waals surface area contributed by atoms with E-state index in [-0.39, 0.29) is 24.4 Å². The monoisotopic (exact) mass is 308 g/mol. The molecule has 1 amide bonds. The van der Waals surface area contributed by atoms with Crippen LogP contribution in [0.3, 0.4) is 0 Å². The summed E-state index contributed by atoms with van der Waals surface area (Å²) in [5, 5.41) is 2.94. The Morgan fingerprint density at radius 3 is 2.60 bits per heavy atom. The third kappa shape index (κ3) is 4.07. The van der Waals surface area contributed by atoms with Gasteiger partial charge in [0, 0.05) is 17.3 Å². The number of carbonyl (C=O) groups is 1. The van der Waals surface area contributed by atoms with E-state index in [0.717, 1.165) is 14.8 Å². The predicted molar refractivity (Wildman–Crippen MR) is 83.9 cm³/mol. The minimum Gasteiger partial charge on any atom is -0.349 e. The fourth-order valence-electron chi connectivity index (χ4n) is 1.95. The minimum absolute atomic E-state index is 0.0528. The molecule has 2 rings (SSSR count). The molecule has 5 heteroatoms. The van der Waals surface area contributed by atoms with E-state index in [2.05, 4.69) is 5.32 Å². The van der Waals surface area contributed by atoms with Crippen LogP contribution in [-0.4, -0.2) is 5.91 Å². The molecule has 0 radical (unpaired) electrons. The van der Waals surface area contributed by atoms with Crippen LogP contribution in [0.2, 0.25) is 4.34 Å². The lowest BCUT2D eigenvalue weighted by molar-refractivity contribution is -0.122. The minimum atomic E-state index is -0.282. The van der Waals surface area contributed by atoms with Crippen molar-refractivity contribution in [3.8, 4) is 0 Å². The predicted octanol–water partition coefficient (Wildman–Crippen LogP) is 3.67. The summed E-state index contributed by atoms with van der Waals surface area (Å²) >= 11 is 7.36. The number of benzene rings is 1. The van der Waals surface area contributed by atoms with Crippen molar-refractivity contribution in [2.24, 2.45) is 5.73 Å². The van der Waals surface area contributed by atoms with Gasteiger partial charge in [0.15, 0.2) is 0 Å². The summed E-state index contributed by atoms with van der Waals surface area (Å²) in [6.07, 6.45) is 0.271. The Hall–Kier alpha value is -1.36. The van der Waals surface area contributed by atoms with E-state index in [0.29, 0.717) is 0 Å². The van der Waals surface area contributed by atoms with E-state index in [1.54, 1.807) is 0 Å². The van der Waals surface area contributed by atoms with E-state index in [4.69, 9.17) is 17.3 Å². The lowest BCUT2D eigenvalue weighted by atomic mass is 10.0. The Morgan fingerprint density at radius 2 is 2.00 bits per heavy atom. The molecule has 20 heavy (non-hydrogen) atoms. The molecule has 1 aromatic heterocycles. The fourth-order valence-corrected chi connectivity index (χ4v) is 3.01. The zero-order chi connectivity index (χ0) is 14.5. The van der Waals surface area contributed by atoms with Crippen LogP contribution in [0, 0.1) is 0 Å². The number of amides is 1. The van der Waals surface area contributed by atoms with Gasteiger partial charge in [0.25, 0.3) is 0 Å². The second-order valence-corrected chi connectivity index (χ2v) is 6.40. The topological polar surface area (TPSA) is 55.1 Å². The molecule has 0 aliphatic carbocycles. The summed E-state index contributed by atoms with van der Waals surface area (Å²) in [5.41, 5.74) is 7.00. The maximum absolute atomic E-state index is 12.0. The molecule has 2 aromatic rings. The van der Waals surface area contributed by atoms with Crippen molar-refractivity contribution >= 4 is 28.8 Å². The van der Waals surface area contributed by atoms with E-state index in [1.807, 2.05) is 49.4 Å². The molecule has 0 spiro atoms. The van der Waals surface area contributed by atoms with E-state index < -0.39 is 0 Å². The Bertz CT molecular complexity index is 570. The molecule has 2 atom stereocenters. The molecule has 1 heterocycles. The van der Waals surface area contributed by atoms with Gasteiger partial charge in [-0.3, -0.25) is 4.79 Å². The number of nitrogens with two attached hydrogens (primary N) is 1. The third-order valence-electron chi connectivity index (χ3n) is 3.03. The lowest BCUT2D eigenvalue weighted by Gasteiger charge is -2.15. The summed E-state index contributed by atoms with van der Waals surface area (Å²) in [7, 11) is 0. The molecular formula is C15H17ClN2OS. The highest BCUT2D eigenvalue weighted by atomic mass is 35.5. The van der Waals surface area contributed by atoms with Crippen LogP contribution in [0.1, 0.15) is 35.9 Å². The van der Waals surface area contributed by atoms with Gasteiger partial charge in [0.05, 0.1) is 10.4 Å². The summed E-state index contributed by atoms with van der Waals surface area (Å²) in [5.74, 6) is -0.0571. The van der Waals surface area contributed by atoms with Crippen molar-refractivity contribution < 1.29 is 4.79 Å². The summed E-state index contributed by atoms with van der Waals surface area (Å²) in [6, 6.07) is 13.1. The van der Waals surface area contributed by atoms with Gasteiger partial charge in [-0.05, 0) is 24.6 Å². The van der Waals surface area contributed by atoms with E-state index in [9.17, 15) is 4.79 Å². The highest BCUT2D eigenvalue weighted by molar-refractivity contribution is 7.16.